The SMILES string of the molecule is CCc1c(C)nc2n(c1=O)CC(C(=O)Nc1ccc(C)c(C)c1)CS2. The fraction of sp³-hybridized carbons (Fsp3) is 0.421. The van der Waals surface area contributed by atoms with Gasteiger partial charge in [0.05, 0.1) is 5.92 Å². The van der Waals surface area contributed by atoms with Gasteiger partial charge in [-0.15, -0.1) is 0 Å². The smallest absolute Gasteiger partial charge is 0.257 e. The Balaban J connectivity index is 1.81. The number of carbonyl (C=O) groups is 1. The highest BCUT2D eigenvalue weighted by molar-refractivity contribution is 7.99. The second-order valence-corrected chi connectivity index (χ2v) is 7.51. The summed E-state index contributed by atoms with van der Waals surface area (Å²) in [6, 6.07) is 5.89. The van der Waals surface area contributed by atoms with E-state index < -0.39 is 0 Å². The number of anilines is 1. The Morgan fingerprint density at radius 3 is 2.76 bits per heavy atom. The van der Waals surface area contributed by atoms with Crippen LogP contribution in [0.4, 0.5) is 5.69 Å². The van der Waals surface area contributed by atoms with Gasteiger partial charge in [-0.3, -0.25) is 14.2 Å². The first kappa shape index (κ1) is 17.7. The van der Waals surface area contributed by atoms with Gasteiger partial charge in [-0.25, -0.2) is 4.98 Å². The minimum Gasteiger partial charge on any atom is -0.326 e. The molecule has 0 spiro atoms. The van der Waals surface area contributed by atoms with E-state index in [2.05, 4.69) is 10.3 Å². The van der Waals surface area contributed by atoms with Crippen LogP contribution in [0.2, 0.25) is 0 Å². The van der Waals surface area contributed by atoms with Gasteiger partial charge in [0.1, 0.15) is 0 Å². The molecule has 25 heavy (non-hydrogen) atoms. The summed E-state index contributed by atoms with van der Waals surface area (Å²) < 4.78 is 1.66. The van der Waals surface area contributed by atoms with Crippen molar-refractivity contribution in [3.63, 3.8) is 0 Å². The Morgan fingerprint density at radius 2 is 2.08 bits per heavy atom. The second-order valence-electron chi connectivity index (χ2n) is 6.52. The van der Waals surface area contributed by atoms with E-state index in [9.17, 15) is 9.59 Å². The summed E-state index contributed by atoms with van der Waals surface area (Å²) in [6.45, 7) is 8.29. The molecule has 132 valence electrons. The number of benzene rings is 1. The van der Waals surface area contributed by atoms with Gasteiger partial charge in [-0.05, 0) is 50.5 Å². The van der Waals surface area contributed by atoms with Crippen molar-refractivity contribution in [2.45, 2.75) is 45.8 Å². The average Bonchev–Trinajstić information content (AvgIpc) is 2.58. The third kappa shape index (κ3) is 3.49. The molecule has 1 aliphatic rings. The predicted molar refractivity (Wildman–Crippen MR) is 101 cm³/mol. The van der Waals surface area contributed by atoms with Gasteiger partial charge in [0.15, 0.2) is 5.16 Å². The van der Waals surface area contributed by atoms with Crippen LogP contribution in [0.1, 0.15) is 29.3 Å². The molecule has 0 radical (unpaired) electrons. The Hall–Kier alpha value is -2.08. The van der Waals surface area contributed by atoms with Crippen molar-refractivity contribution in [1.82, 2.24) is 9.55 Å². The van der Waals surface area contributed by atoms with E-state index in [1.807, 2.05) is 45.9 Å². The Kier molecular flexibility index (Phi) is 4.99. The number of amides is 1. The zero-order chi connectivity index (χ0) is 18.1. The van der Waals surface area contributed by atoms with Crippen molar-refractivity contribution < 1.29 is 4.79 Å². The number of aromatic nitrogens is 2. The molecule has 1 N–H and O–H groups in total. The molecule has 6 heteroatoms. The molecule has 0 saturated carbocycles. The van der Waals surface area contributed by atoms with E-state index in [1.165, 1.54) is 17.3 Å². The molecular formula is C19H23N3O2S. The monoisotopic (exact) mass is 357 g/mol. The molecule has 1 unspecified atom stereocenters. The number of carbonyl (C=O) groups excluding carboxylic acids is 1. The van der Waals surface area contributed by atoms with Crippen molar-refractivity contribution in [3.8, 4) is 0 Å². The van der Waals surface area contributed by atoms with Crippen molar-refractivity contribution in [3.05, 3.63) is 50.9 Å². The quantitative estimate of drug-likeness (QED) is 0.858. The minimum atomic E-state index is -0.244. The van der Waals surface area contributed by atoms with Crippen LogP contribution in [0.25, 0.3) is 0 Å². The van der Waals surface area contributed by atoms with E-state index in [4.69, 9.17) is 0 Å². The summed E-state index contributed by atoms with van der Waals surface area (Å²) in [5.74, 6) is 0.339. The van der Waals surface area contributed by atoms with Crippen molar-refractivity contribution in [2.75, 3.05) is 11.1 Å². The lowest BCUT2D eigenvalue weighted by molar-refractivity contribution is -0.119. The third-order valence-corrected chi connectivity index (χ3v) is 5.89. The molecule has 0 fully saturated rings. The lowest BCUT2D eigenvalue weighted by atomic mass is 10.1. The summed E-state index contributed by atoms with van der Waals surface area (Å²) >= 11 is 1.48. The lowest BCUT2D eigenvalue weighted by Gasteiger charge is -2.25. The molecule has 2 aromatic rings. The standard InChI is InChI=1S/C19H23N3O2S/c1-5-16-13(4)20-19-22(18(16)24)9-14(10-25-19)17(23)21-15-7-6-11(2)12(3)8-15/h6-8,14H,5,9-10H2,1-4H3,(H,21,23). The van der Waals surface area contributed by atoms with Crippen LogP contribution in [0.15, 0.2) is 28.2 Å². The highest BCUT2D eigenvalue weighted by Gasteiger charge is 2.28. The molecule has 5 nitrogen and oxygen atoms in total. The van der Waals surface area contributed by atoms with Crippen LogP contribution >= 0.6 is 11.8 Å². The van der Waals surface area contributed by atoms with Gasteiger partial charge in [-0.1, -0.05) is 24.8 Å². The van der Waals surface area contributed by atoms with E-state index in [1.54, 1.807) is 4.57 Å². The summed E-state index contributed by atoms with van der Waals surface area (Å²) in [5, 5.41) is 3.70. The number of hydrogen-bond donors (Lipinski definition) is 1. The Labute approximate surface area is 151 Å². The normalized spacial score (nSPS) is 16.4. The van der Waals surface area contributed by atoms with Crippen molar-refractivity contribution >= 4 is 23.4 Å². The summed E-state index contributed by atoms with van der Waals surface area (Å²) in [7, 11) is 0. The summed E-state index contributed by atoms with van der Waals surface area (Å²) in [4.78, 5) is 29.8. The van der Waals surface area contributed by atoms with Gasteiger partial charge >= 0.3 is 0 Å². The predicted octanol–water partition coefficient (Wildman–Crippen LogP) is 3.09. The molecule has 1 amide bonds. The van der Waals surface area contributed by atoms with Gasteiger partial charge in [0.2, 0.25) is 5.91 Å². The zero-order valence-corrected chi connectivity index (χ0v) is 15.9. The number of nitrogens with one attached hydrogen (secondary N) is 1. The van der Waals surface area contributed by atoms with Crippen LogP contribution in [-0.4, -0.2) is 21.2 Å². The molecule has 1 aromatic carbocycles. The maximum Gasteiger partial charge on any atom is 0.257 e. The maximum absolute atomic E-state index is 12.7. The lowest BCUT2D eigenvalue weighted by Crippen LogP contribution is -2.38. The molecule has 1 atom stereocenters. The van der Waals surface area contributed by atoms with Gasteiger partial charge in [0, 0.05) is 29.2 Å². The Bertz CT molecular complexity index is 889. The van der Waals surface area contributed by atoms with E-state index in [0.29, 0.717) is 18.7 Å². The first-order valence-corrected chi connectivity index (χ1v) is 9.50. The number of rotatable bonds is 3. The summed E-state index contributed by atoms with van der Waals surface area (Å²) in [6.07, 6.45) is 0.655. The molecule has 0 bridgehead atoms. The number of thioether (sulfide) groups is 1. The molecule has 1 aliphatic heterocycles. The van der Waals surface area contributed by atoms with Crippen LogP contribution in [0.5, 0.6) is 0 Å². The molecular weight excluding hydrogens is 334 g/mol. The van der Waals surface area contributed by atoms with Crippen LogP contribution in [0.3, 0.4) is 0 Å². The highest BCUT2D eigenvalue weighted by Crippen LogP contribution is 2.27. The van der Waals surface area contributed by atoms with E-state index in [0.717, 1.165) is 27.7 Å². The fourth-order valence-electron chi connectivity index (χ4n) is 3.02. The largest absolute Gasteiger partial charge is 0.326 e. The zero-order valence-electron chi connectivity index (χ0n) is 15.0. The number of hydrogen-bond acceptors (Lipinski definition) is 4. The number of nitrogens with zero attached hydrogens (tertiary/aromatic N) is 2. The van der Waals surface area contributed by atoms with Gasteiger partial charge in [-0.2, -0.15) is 0 Å². The van der Waals surface area contributed by atoms with Crippen LogP contribution in [-0.2, 0) is 17.8 Å². The molecule has 1 aromatic heterocycles. The third-order valence-electron chi connectivity index (χ3n) is 4.75. The Morgan fingerprint density at radius 1 is 1.32 bits per heavy atom. The van der Waals surface area contributed by atoms with Crippen LogP contribution < -0.4 is 10.9 Å². The van der Waals surface area contributed by atoms with Gasteiger partial charge < -0.3 is 5.32 Å². The summed E-state index contributed by atoms with van der Waals surface area (Å²) in [5.41, 5.74) is 4.66. The highest BCUT2D eigenvalue weighted by atomic mass is 32.2. The maximum atomic E-state index is 12.7. The first-order valence-electron chi connectivity index (χ1n) is 8.52. The van der Waals surface area contributed by atoms with Gasteiger partial charge in [0.25, 0.3) is 5.56 Å². The topological polar surface area (TPSA) is 64.0 Å². The van der Waals surface area contributed by atoms with E-state index in [-0.39, 0.29) is 17.4 Å². The first-order chi connectivity index (χ1) is 11.9. The average molecular weight is 357 g/mol. The van der Waals surface area contributed by atoms with E-state index >= 15 is 0 Å². The fourth-order valence-corrected chi connectivity index (χ4v) is 4.15. The number of aryl methyl sites for hydroxylation is 3. The number of fused-ring (bicyclic) bond motifs is 1. The van der Waals surface area contributed by atoms with Crippen molar-refractivity contribution in [1.29, 1.82) is 0 Å². The molecule has 3 rings (SSSR count). The van der Waals surface area contributed by atoms with Crippen molar-refractivity contribution in [2.24, 2.45) is 5.92 Å². The molecule has 0 aliphatic carbocycles. The molecule has 2 heterocycles. The second kappa shape index (κ2) is 7.04. The molecule has 0 saturated heterocycles. The minimum absolute atomic E-state index is 0.0128. The van der Waals surface area contributed by atoms with Crippen LogP contribution in [0, 0.1) is 26.7 Å².